The minimum Gasteiger partial charge on any atom is -0.399 e. The van der Waals surface area contributed by atoms with Crippen LogP contribution in [0.1, 0.15) is 0 Å². The van der Waals surface area contributed by atoms with Gasteiger partial charge in [-0.3, -0.25) is 0 Å². The molecule has 0 radical (unpaired) electrons. The fourth-order valence-corrected chi connectivity index (χ4v) is 3.78. The molecule has 0 unspecified atom stereocenters. The van der Waals surface area contributed by atoms with Crippen LogP contribution in [-0.2, 0) is 0 Å². The zero-order valence-electron chi connectivity index (χ0n) is 11.9. The van der Waals surface area contributed by atoms with Gasteiger partial charge in [0, 0.05) is 11.4 Å². The second-order valence-corrected chi connectivity index (χ2v) is 5.94. The first-order chi connectivity index (χ1) is 10.7. The lowest BCUT2D eigenvalue weighted by Gasteiger charge is -2.15. The van der Waals surface area contributed by atoms with Crippen molar-refractivity contribution in [2.75, 3.05) is 11.5 Å². The Morgan fingerprint density at radius 3 is 1.55 bits per heavy atom. The number of fused-ring (bicyclic) bond motifs is 2. The monoisotopic (exact) mass is 282 g/mol. The lowest BCUT2D eigenvalue weighted by molar-refractivity contribution is 1.75. The molecule has 0 heterocycles. The van der Waals surface area contributed by atoms with E-state index in [1.807, 2.05) is 12.1 Å². The van der Waals surface area contributed by atoms with E-state index in [1.165, 1.54) is 37.7 Å². The minimum atomic E-state index is 0.774. The van der Waals surface area contributed by atoms with Gasteiger partial charge in [-0.05, 0) is 67.4 Å². The van der Waals surface area contributed by atoms with Crippen LogP contribution >= 0.6 is 0 Å². The summed E-state index contributed by atoms with van der Waals surface area (Å²) in [5.41, 5.74) is 13.8. The Hall–Kier alpha value is -3.00. The van der Waals surface area contributed by atoms with Gasteiger partial charge in [0.05, 0.1) is 0 Å². The van der Waals surface area contributed by atoms with E-state index in [0.29, 0.717) is 0 Å². The molecule has 0 saturated carbocycles. The summed E-state index contributed by atoms with van der Waals surface area (Å²) >= 11 is 0. The van der Waals surface area contributed by atoms with Crippen LogP contribution in [0.2, 0.25) is 0 Å². The molecule has 0 fully saturated rings. The molecule has 0 spiro atoms. The summed E-state index contributed by atoms with van der Waals surface area (Å²) in [4.78, 5) is 0. The first kappa shape index (κ1) is 11.6. The van der Waals surface area contributed by atoms with Gasteiger partial charge in [0.25, 0.3) is 0 Å². The van der Waals surface area contributed by atoms with E-state index < -0.39 is 0 Å². The van der Waals surface area contributed by atoms with Crippen LogP contribution < -0.4 is 11.5 Å². The third-order valence-corrected chi connectivity index (χ3v) is 4.58. The van der Waals surface area contributed by atoms with Crippen molar-refractivity contribution in [2.45, 2.75) is 0 Å². The Kier molecular flexibility index (Phi) is 2.01. The summed E-state index contributed by atoms with van der Waals surface area (Å²) in [5.74, 6) is 0. The average Bonchev–Trinajstić information content (AvgIpc) is 2.51. The summed E-state index contributed by atoms with van der Waals surface area (Å²) in [5, 5.41) is 9.80. The lowest BCUT2D eigenvalue weighted by Crippen LogP contribution is -1.92. The van der Waals surface area contributed by atoms with Gasteiger partial charge in [-0.15, -0.1) is 0 Å². The Bertz CT molecular complexity index is 1100. The molecule has 5 aromatic carbocycles. The van der Waals surface area contributed by atoms with Crippen molar-refractivity contribution in [3.8, 4) is 0 Å². The molecule has 0 atom stereocenters. The van der Waals surface area contributed by atoms with Crippen molar-refractivity contribution < 1.29 is 0 Å². The van der Waals surface area contributed by atoms with E-state index in [2.05, 4.69) is 48.5 Å². The van der Waals surface area contributed by atoms with E-state index >= 15 is 0 Å². The first-order valence-electron chi connectivity index (χ1n) is 7.37. The maximum absolute atomic E-state index is 6.13. The first-order valence-corrected chi connectivity index (χ1v) is 7.37. The molecular formula is C20H14N2. The molecular weight excluding hydrogens is 268 g/mol. The van der Waals surface area contributed by atoms with Crippen molar-refractivity contribution in [3.05, 3.63) is 60.7 Å². The average molecular weight is 282 g/mol. The quantitative estimate of drug-likeness (QED) is 0.241. The van der Waals surface area contributed by atoms with Gasteiger partial charge in [-0.2, -0.15) is 0 Å². The normalized spacial score (nSPS) is 12.0. The highest BCUT2D eigenvalue weighted by atomic mass is 14.6. The van der Waals surface area contributed by atoms with Crippen molar-refractivity contribution in [1.29, 1.82) is 0 Å². The molecule has 0 amide bonds. The van der Waals surface area contributed by atoms with E-state index in [0.717, 1.165) is 16.8 Å². The summed E-state index contributed by atoms with van der Waals surface area (Å²) in [6, 6.07) is 21.1. The largest absolute Gasteiger partial charge is 0.399 e. The summed E-state index contributed by atoms with van der Waals surface area (Å²) in [6.07, 6.45) is 0. The number of anilines is 2. The topological polar surface area (TPSA) is 52.0 Å². The molecule has 0 aliphatic heterocycles. The molecule has 2 nitrogen and oxygen atoms in total. The van der Waals surface area contributed by atoms with Gasteiger partial charge in [0.2, 0.25) is 0 Å². The molecule has 5 aromatic rings. The molecule has 104 valence electrons. The highest BCUT2D eigenvalue weighted by Crippen LogP contribution is 2.41. The maximum Gasteiger partial charge on any atom is 0.0326 e. The Balaban J connectivity index is 2.28. The summed E-state index contributed by atoms with van der Waals surface area (Å²) in [7, 11) is 0. The Labute approximate surface area is 127 Å². The lowest BCUT2D eigenvalue weighted by atomic mass is 9.89. The van der Waals surface area contributed by atoms with E-state index in [-0.39, 0.29) is 0 Å². The number of nitrogen functional groups attached to an aromatic ring is 2. The number of benzene rings is 5. The standard InChI is InChI=1S/C20H14N2/c21-13-7-12-8-14(22)10-18-16-6-2-4-11-3-1-5-15(19(11)16)17(9-13)20(12)18/h1-10H,21-22H2. The SMILES string of the molecule is Nc1cc2cc(N)cc3c4cccc5cccc(c(c1)c23)c54. The molecule has 0 aromatic heterocycles. The Morgan fingerprint density at radius 1 is 0.500 bits per heavy atom. The van der Waals surface area contributed by atoms with E-state index in [1.54, 1.807) is 0 Å². The van der Waals surface area contributed by atoms with Gasteiger partial charge in [0.15, 0.2) is 0 Å². The highest BCUT2D eigenvalue weighted by Gasteiger charge is 2.13. The van der Waals surface area contributed by atoms with Crippen molar-refractivity contribution in [1.82, 2.24) is 0 Å². The van der Waals surface area contributed by atoms with Crippen LogP contribution in [0.3, 0.4) is 0 Å². The third-order valence-electron chi connectivity index (χ3n) is 4.58. The minimum absolute atomic E-state index is 0.774. The van der Waals surface area contributed by atoms with Crippen molar-refractivity contribution >= 4 is 54.5 Å². The maximum atomic E-state index is 6.13. The molecule has 5 rings (SSSR count). The van der Waals surface area contributed by atoms with Crippen LogP contribution in [0.4, 0.5) is 11.4 Å². The number of hydrogen-bond acceptors (Lipinski definition) is 2. The van der Waals surface area contributed by atoms with Crippen LogP contribution in [0.15, 0.2) is 60.7 Å². The van der Waals surface area contributed by atoms with Gasteiger partial charge in [-0.1, -0.05) is 36.4 Å². The molecule has 0 aliphatic carbocycles. The molecule has 2 heteroatoms. The number of nitrogens with two attached hydrogens (primary N) is 2. The highest BCUT2D eigenvalue weighted by molar-refractivity contribution is 6.33. The van der Waals surface area contributed by atoms with E-state index in [4.69, 9.17) is 11.5 Å². The van der Waals surface area contributed by atoms with Gasteiger partial charge < -0.3 is 11.5 Å². The van der Waals surface area contributed by atoms with Crippen LogP contribution in [0, 0.1) is 0 Å². The van der Waals surface area contributed by atoms with E-state index in [9.17, 15) is 0 Å². The zero-order chi connectivity index (χ0) is 14.8. The van der Waals surface area contributed by atoms with Gasteiger partial charge in [-0.25, -0.2) is 0 Å². The number of hydrogen-bond donors (Lipinski definition) is 2. The molecule has 0 bridgehead atoms. The predicted molar refractivity (Wildman–Crippen MR) is 96.5 cm³/mol. The molecule has 0 saturated heterocycles. The van der Waals surface area contributed by atoms with Crippen LogP contribution in [-0.4, -0.2) is 0 Å². The summed E-state index contributed by atoms with van der Waals surface area (Å²) < 4.78 is 0. The third kappa shape index (κ3) is 1.34. The molecule has 4 N–H and O–H groups in total. The molecule has 0 aliphatic rings. The second-order valence-electron chi connectivity index (χ2n) is 5.94. The number of rotatable bonds is 0. The van der Waals surface area contributed by atoms with Gasteiger partial charge >= 0.3 is 0 Å². The van der Waals surface area contributed by atoms with Crippen LogP contribution in [0.5, 0.6) is 0 Å². The zero-order valence-corrected chi connectivity index (χ0v) is 11.9. The fraction of sp³-hybridized carbons (Fsp3) is 0. The van der Waals surface area contributed by atoms with Crippen molar-refractivity contribution in [2.24, 2.45) is 0 Å². The Morgan fingerprint density at radius 2 is 1.00 bits per heavy atom. The molecule has 22 heavy (non-hydrogen) atoms. The van der Waals surface area contributed by atoms with Crippen LogP contribution in [0.25, 0.3) is 43.1 Å². The second kappa shape index (κ2) is 3.80. The smallest absolute Gasteiger partial charge is 0.0326 e. The van der Waals surface area contributed by atoms with Gasteiger partial charge in [0.1, 0.15) is 0 Å². The fourth-order valence-electron chi connectivity index (χ4n) is 3.78. The van der Waals surface area contributed by atoms with Crippen molar-refractivity contribution in [3.63, 3.8) is 0 Å². The predicted octanol–water partition coefficient (Wildman–Crippen LogP) is 4.90. The summed E-state index contributed by atoms with van der Waals surface area (Å²) in [6.45, 7) is 0.